The van der Waals surface area contributed by atoms with E-state index in [0.29, 0.717) is 6.07 Å². The van der Waals surface area contributed by atoms with Crippen LogP contribution in [-0.4, -0.2) is 57.7 Å². The van der Waals surface area contributed by atoms with Gasteiger partial charge in [0, 0.05) is 32.6 Å². The number of fused-ring (bicyclic) bond motifs is 1. The van der Waals surface area contributed by atoms with Crippen LogP contribution in [-0.2, 0) is 11.0 Å². The minimum Gasteiger partial charge on any atom is -0.396 e. The molecule has 0 aromatic carbocycles. The Morgan fingerprint density at radius 1 is 1.24 bits per heavy atom. The zero-order valence-electron chi connectivity index (χ0n) is 17.6. The first-order valence-electron chi connectivity index (χ1n) is 10.2. The minimum atomic E-state index is -5.03. The SMILES string of the molecule is C=CC(=O)N1CCN(c2ncnc3c(=O)n(C4=C(N)C(Cl)=CCC4F)c(C(F)(F)F)cc23)CC1. The van der Waals surface area contributed by atoms with Crippen LogP contribution in [0.4, 0.5) is 23.4 Å². The maximum absolute atomic E-state index is 14.8. The number of carbonyl (C=O) groups excluding carboxylic acids is 1. The number of pyridine rings is 1. The molecule has 1 atom stereocenters. The summed E-state index contributed by atoms with van der Waals surface area (Å²) < 4.78 is 57.3. The first-order valence-corrected chi connectivity index (χ1v) is 10.6. The zero-order valence-corrected chi connectivity index (χ0v) is 18.4. The number of alkyl halides is 4. The topological polar surface area (TPSA) is 97.4 Å². The van der Waals surface area contributed by atoms with E-state index >= 15 is 0 Å². The minimum absolute atomic E-state index is 0.103. The van der Waals surface area contributed by atoms with Crippen LogP contribution >= 0.6 is 11.6 Å². The number of amides is 1. The maximum Gasteiger partial charge on any atom is 0.431 e. The summed E-state index contributed by atoms with van der Waals surface area (Å²) in [6.45, 7) is 4.55. The highest BCUT2D eigenvalue weighted by atomic mass is 35.5. The number of nitrogens with zero attached hydrogens (tertiary/aromatic N) is 5. The Bertz CT molecular complexity index is 1290. The molecule has 3 heterocycles. The van der Waals surface area contributed by atoms with Crippen molar-refractivity contribution in [1.29, 1.82) is 0 Å². The molecule has 0 saturated carbocycles. The van der Waals surface area contributed by atoms with Crippen LogP contribution in [0, 0.1) is 0 Å². The van der Waals surface area contributed by atoms with Crippen molar-refractivity contribution in [3.05, 3.63) is 57.9 Å². The van der Waals surface area contributed by atoms with Gasteiger partial charge in [0.15, 0.2) is 0 Å². The smallest absolute Gasteiger partial charge is 0.396 e. The van der Waals surface area contributed by atoms with Crippen molar-refractivity contribution in [3.63, 3.8) is 0 Å². The molecule has 2 N–H and O–H groups in total. The molecule has 2 aromatic rings. The molecule has 2 aromatic heterocycles. The number of hydrogen-bond acceptors (Lipinski definition) is 6. The Hall–Kier alpha value is -3.41. The molecule has 180 valence electrons. The summed E-state index contributed by atoms with van der Waals surface area (Å²) in [6, 6.07) is 0.715. The molecule has 1 aliphatic carbocycles. The summed E-state index contributed by atoms with van der Waals surface area (Å²) >= 11 is 5.93. The monoisotopic (exact) mass is 498 g/mol. The molecule has 34 heavy (non-hydrogen) atoms. The lowest BCUT2D eigenvalue weighted by Gasteiger charge is -2.35. The summed E-state index contributed by atoms with van der Waals surface area (Å²) in [5, 5.41) is -0.286. The van der Waals surface area contributed by atoms with Crippen molar-refractivity contribution >= 4 is 39.9 Å². The maximum atomic E-state index is 14.8. The molecule has 1 fully saturated rings. The number of piperazine rings is 1. The summed E-state index contributed by atoms with van der Waals surface area (Å²) in [5.74, 6) is -0.160. The Morgan fingerprint density at radius 3 is 2.53 bits per heavy atom. The highest BCUT2D eigenvalue weighted by Crippen LogP contribution is 2.37. The predicted molar refractivity (Wildman–Crippen MR) is 119 cm³/mol. The lowest BCUT2D eigenvalue weighted by molar-refractivity contribution is -0.142. The number of allylic oxidation sites excluding steroid dienone is 3. The normalized spacial score (nSPS) is 19.4. The van der Waals surface area contributed by atoms with Gasteiger partial charge in [-0.2, -0.15) is 13.2 Å². The fourth-order valence-corrected chi connectivity index (χ4v) is 4.24. The Labute approximate surface area is 195 Å². The van der Waals surface area contributed by atoms with Crippen LogP contribution in [0.5, 0.6) is 0 Å². The van der Waals surface area contributed by atoms with Crippen molar-refractivity contribution in [1.82, 2.24) is 19.4 Å². The van der Waals surface area contributed by atoms with E-state index in [1.165, 1.54) is 17.1 Å². The van der Waals surface area contributed by atoms with Gasteiger partial charge in [-0.1, -0.05) is 24.3 Å². The Morgan fingerprint density at radius 2 is 1.91 bits per heavy atom. The van der Waals surface area contributed by atoms with E-state index in [1.807, 2.05) is 0 Å². The van der Waals surface area contributed by atoms with E-state index in [9.17, 15) is 27.2 Å². The first kappa shape index (κ1) is 23.7. The van der Waals surface area contributed by atoms with Crippen LogP contribution in [0.2, 0.25) is 0 Å². The molecule has 8 nitrogen and oxygen atoms in total. The molecule has 2 aliphatic rings. The Kier molecular flexibility index (Phi) is 6.11. The van der Waals surface area contributed by atoms with E-state index in [-0.39, 0.29) is 64.8 Å². The van der Waals surface area contributed by atoms with Gasteiger partial charge in [0.1, 0.15) is 29.5 Å². The van der Waals surface area contributed by atoms with Crippen molar-refractivity contribution in [3.8, 4) is 0 Å². The molecule has 1 aliphatic heterocycles. The third-order valence-corrected chi connectivity index (χ3v) is 6.08. The van der Waals surface area contributed by atoms with Crippen LogP contribution < -0.4 is 16.2 Å². The lowest BCUT2D eigenvalue weighted by Crippen LogP contribution is -2.48. The number of carbonyl (C=O) groups is 1. The quantitative estimate of drug-likeness (QED) is 0.516. The number of aromatic nitrogens is 3. The summed E-state index contributed by atoms with van der Waals surface area (Å²) in [5.41, 5.74) is 1.72. The average Bonchev–Trinajstić information content (AvgIpc) is 2.81. The zero-order chi connectivity index (χ0) is 24.8. The molecule has 13 heteroatoms. The highest BCUT2D eigenvalue weighted by Gasteiger charge is 2.39. The predicted octanol–water partition coefficient (Wildman–Crippen LogP) is 2.64. The molecule has 0 radical (unpaired) electrons. The van der Waals surface area contributed by atoms with E-state index in [0.717, 1.165) is 6.33 Å². The van der Waals surface area contributed by atoms with Crippen LogP contribution in [0.15, 0.2) is 46.6 Å². The summed E-state index contributed by atoms with van der Waals surface area (Å²) in [7, 11) is 0. The standard InChI is InChI=1S/C21H19ClF4N6O2/c1-2-15(33)30-5-7-31(8-6-30)19-11-9-14(21(24,25)26)32(20(34)17(11)28-10-29-19)18-13(23)4-3-12(22)16(18)27/h2-3,9-10,13H,1,4-8,27H2. The number of nitrogens with two attached hydrogens (primary N) is 1. The molecule has 1 saturated heterocycles. The van der Waals surface area contributed by atoms with Crippen molar-refractivity contribution in [2.45, 2.75) is 18.8 Å². The molecule has 1 unspecified atom stereocenters. The van der Waals surface area contributed by atoms with E-state index in [1.54, 1.807) is 4.90 Å². The van der Waals surface area contributed by atoms with E-state index < -0.39 is 35.0 Å². The molecular weight excluding hydrogens is 480 g/mol. The van der Waals surface area contributed by atoms with Gasteiger partial charge < -0.3 is 15.5 Å². The number of halogens is 5. The second kappa shape index (κ2) is 8.75. The van der Waals surface area contributed by atoms with Crippen LogP contribution in [0.3, 0.4) is 0 Å². The Balaban J connectivity index is 1.90. The van der Waals surface area contributed by atoms with Gasteiger partial charge in [0.05, 0.1) is 21.8 Å². The first-order chi connectivity index (χ1) is 16.0. The van der Waals surface area contributed by atoms with Crippen LogP contribution in [0.25, 0.3) is 16.6 Å². The lowest BCUT2D eigenvalue weighted by atomic mass is 10.0. The fraction of sp³-hybridized carbons (Fsp3) is 0.333. The van der Waals surface area contributed by atoms with Gasteiger partial charge in [-0.25, -0.2) is 14.4 Å². The average molecular weight is 499 g/mol. The highest BCUT2D eigenvalue weighted by molar-refractivity contribution is 6.32. The molecule has 0 bridgehead atoms. The van der Waals surface area contributed by atoms with Crippen LogP contribution in [0.1, 0.15) is 12.1 Å². The van der Waals surface area contributed by atoms with E-state index in [2.05, 4.69) is 16.5 Å². The van der Waals surface area contributed by atoms with Gasteiger partial charge in [-0.3, -0.25) is 14.2 Å². The third-order valence-electron chi connectivity index (χ3n) is 5.72. The van der Waals surface area contributed by atoms with Gasteiger partial charge in [-0.15, -0.1) is 0 Å². The van der Waals surface area contributed by atoms with Crippen molar-refractivity contribution < 1.29 is 22.4 Å². The number of anilines is 1. The van der Waals surface area contributed by atoms with Gasteiger partial charge >= 0.3 is 6.18 Å². The molecular formula is C21H19ClF4N6O2. The number of rotatable bonds is 3. The molecule has 0 spiro atoms. The second-order valence-electron chi connectivity index (χ2n) is 7.70. The van der Waals surface area contributed by atoms with Crippen molar-refractivity contribution in [2.24, 2.45) is 5.73 Å². The van der Waals surface area contributed by atoms with Gasteiger partial charge in [0.25, 0.3) is 5.56 Å². The third kappa shape index (κ3) is 4.02. The summed E-state index contributed by atoms with van der Waals surface area (Å²) in [6.07, 6.45) is -3.87. The van der Waals surface area contributed by atoms with Crippen molar-refractivity contribution in [2.75, 3.05) is 31.1 Å². The molecule has 1 amide bonds. The fourth-order valence-electron chi connectivity index (χ4n) is 4.05. The summed E-state index contributed by atoms with van der Waals surface area (Å²) in [4.78, 5) is 36.3. The van der Waals surface area contributed by atoms with Gasteiger partial charge in [0.2, 0.25) is 5.91 Å². The van der Waals surface area contributed by atoms with E-state index in [4.69, 9.17) is 17.3 Å². The number of hydrogen-bond donors (Lipinski definition) is 1. The van der Waals surface area contributed by atoms with Gasteiger partial charge in [-0.05, 0) is 12.1 Å². The largest absolute Gasteiger partial charge is 0.431 e. The molecule has 4 rings (SSSR count). The second-order valence-corrected chi connectivity index (χ2v) is 8.11.